The number of carboxylic acid groups (broad SMARTS) is 5. The van der Waals surface area contributed by atoms with E-state index in [2.05, 4.69) is 19.9 Å². The van der Waals surface area contributed by atoms with Crippen molar-refractivity contribution < 1.29 is 106 Å². The van der Waals surface area contributed by atoms with E-state index in [1.807, 2.05) is 305 Å². The summed E-state index contributed by atoms with van der Waals surface area (Å²) < 4.78 is 69.7. The second-order valence-electron chi connectivity index (χ2n) is 31.1. The summed E-state index contributed by atoms with van der Waals surface area (Å²) in [7, 11) is 0. The molecule has 0 saturated carbocycles. The molecule has 4 atom stereocenters. The molecular weight excluding hydrogens is 1780 g/mol. The maximum absolute atomic E-state index is 11.5. The summed E-state index contributed by atoms with van der Waals surface area (Å²) in [6.07, 6.45) is -2.05. The Bertz CT molecular complexity index is 6640. The van der Waals surface area contributed by atoms with Crippen LogP contribution in [-0.2, 0) is 76.8 Å². The maximum atomic E-state index is 11.5. The fraction of sp³-hybridized carbons (Fsp3) is 0.219. The molecular formula is C114H118N4O22. The van der Waals surface area contributed by atoms with E-state index in [4.69, 9.17) is 67.1 Å². The predicted molar refractivity (Wildman–Crippen MR) is 541 cm³/mol. The third kappa shape index (κ3) is 33.3. The van der Waals surface area contributed by atoms with Crippen molar-refractivity contribution in [3.63, 3.8) is 0 Å². The number of para-hydroxylation sites is 7. The topological polar surface area (TPSA) is 349 Å². The molecule has 26 nitrogen and oxygen atoms in total. The molecule has 0 aliphatic carbocycles. The molecule has 0 amide bonds. The zero-order valence-corrected chi connectivity index (χ0v) is 75.0. The van der Waals surface area contributed by atoms with Gasteiger partial charge in [-0.2, -0.15) is 0 Å². The van der Waals surface area contributed by atoms with Crippen molar-refractivity contribution in [2.45, 2.75) is 166 Å². The molecule has 0 aliphatic heterocycles. The van der Waals surface area contributed by atoms with Crippen molar-refractivity contribution in [3.8, 4) is 69.0 Å². The molecule has 0 radical (unpaired) electrons. The van der Waals surface area contributed by atoms with Gasteiger partial charge in [-0.3, -0.25) is 4.79 Å². The number of fused-ring (bicyclic) bond motifs is 4. The maximum Gasteiger partial charge on any atom is 0.344 e. The van der Waals surface area contributed by atoms with Gasteiger partial charge in [-0.15, -0.1) is 0 Å². The first kappa shape index (κ1) is 107. The van der Waals surface area contributed by atoms with E-state index in [0.29, 0.717) is 103 Å². The third-order valence-electron chi connectivity index (χ3n) is 20.9. The van der Waals surface area contributed by atoms with E-state index >= 15 is 0 Å². The number of carboxylic acids is 5. The molecule has 26 heteroatoms. The minimum Gasteiger partial charge on any atom is -0.489 e. The van der Waals surface area contributed by atoms with Crippen LogP contribution in [0, 0.1) is 0 Å². The number of aliphatic carboxylic acids is 5. The molecule has 0 saturated heterocycles. The normalized spacial score (nSPS) is 11.3. The average molecular weight is 1900 g/mol. The quantitative estimate of drug-likeness (QED) is 0.0237. The number of nitrogens with zero attached hydrogens (tertiary/aromatic N) is 4. The van der Waals surface area contributed by atoms with E-state index < -0.39 is 54.3 Å². The van der Waals surface area contributed by atoms with E-state index in [0.717, 1.165) is 107 Å². The first-order valence-corrected chi connectivity index (χ1v) is 44.2. The summed E-state index contributed by atoms with van der Waals surface area (Å²) >= 11 is 0. The largest absolute Gasteiger partial charge is 0.489 e. The van der Waals surface area contributed by atoms with Crippen molar-refractivity contribution in [1.82, 2.24) is 19.9 Å². The number of hydrogen-bond donors (Lipinski definition) is 5. The Morgan fingerprint density at radius 2 is 0.536 bits per heavy atom. The third-order valence-corrected chi connectivity index (χ3v) is 20.9. The molecule has 0 bridgehead atoms. The second-order valence-corrected chi connectivity index (χ2v) is 31.1. The Hall–Kier alpha value is -16.8. The highest BCUT2D eigenvalue weighted by molar-refractivity contribution is 5.81. The highest BCUT2D eigenvalue weighted by Crippen LogP contribution is 2.32. The van der Waals surface area contributed by atoms with Crippen LogP contribution < -0.4 is 56.8 Å². The Kier molecular flexibility index (Phi) is 42.2. The number of ether oxygens (including phenoxy) is 12. The number of benzene rings is 12. The lowest BCUT2D eigenvalue weighted by atomic mass is 10.2. The van der Waals surface area contributed by atoms with Gasteiger partial charge in [-0.1, -0.05) is 232 Å². The summed E-state index contributed by atoms with van der Waals surface area (Å²) in [5.41, 5.74) is 10.2. The zero-order valence-electron chi connectivity index (χ0n) is 75.0. The van der Waals surface area contributed by atoms with Crippen LogP contribution in [0.1, 0.15) is 134 Å². The summed E-state index contributed by atoms with van der Waals surface area (Å²) in [5.74, 6) is 1.94. The molecule has 16 rings (SSSR count). The molecule has 726 valence electrons. The average Bonchev–Trinajstić information content (AvgIpc) is 0.843. The lowest BCUT2D eigenvalue weighted by molar-refractivity contribution is -0.147. The summed E-state index contributed by atoms with van der Waals surface area (Å²) in [4.78, 5) is 74.6. The fourth-order valence-corrected chi connectivity index (χ4v) is 13.7. The van der Waals surface area contributed by atoms with Crippen molar-refractivity contribution in [1.29, 1.82) is 0 Å². The van der Waals surface area contributed by atoms with Crippen LogP contribution in [0.5, 0.6) is 69.0 Å². The summed E-state index contributed by atoms with van der Waals surface area (Å²) in [6.45, 7) is 7.74. The molecule has 140 heavy (non-hydrogen) atoms. The first-order valence-electron chi connectivity index (χ1n) is 44.2. The van der Waals surface area contributed by atoms with Crippen LogP contribution in [0.15, 0.2) is 340 Å². The van der Waals surface area contributed by atoms with Crippen molar-refractivity contribution in [2.24, 2.45) is 0 Å². The predicted octanol–water partition coefficient (Wildman–Crippen LogP) is 24.9. The van der Waals surface area contributed by atoms with Gasteiger partial charge in [0.1, 0.15) is 122 Å². The molecule has 0 fully saturated rings. The van der Waals surface area contributed by atoms with E-state index in [1.165, 1.54) is 6.92 Å². The highest BCUT2D eigenvalue weighted by Gasteiger charge is 2.24. The van der Waals surface area contributed by atoms with E-state index in [1.54, 1.807) is 48.5 Å². The van der Waals surface area contributed by atoms with Crippen LogP contribution >= 0.6 is 0 Å². The van der Waals surface area contributed by atoms with Crippen LogP contribution in [0.3, 0.4) is 0 Å². The van der Waals surface area contributed by atoms with Gasteiger partial charge in [0.2, 0.25) is 0 Å². The number of hydrogen-bond acceptors (Lipinski definition) is 21. The molecule has 12 aromatic carbocycles. The van der Waals surface area contributed by atoms with Gasteiger partial charge in [-0.25, -0.2) is 39.1 Å². The van der Waals surface area contributed by atoms with Crippen molar-refractivity contribution >= 4 is 73.5 Å². The Balaban J connectivity index is 0.000000207. The van der Waals surface area contributed by atoms with Gasteiger partial charge in [0, 0.05) is 63.2 Å². The van der Waals surface area contributed by atoms with Crippen molar-refractivity contribution in [3.05, 3.63) is 385 Å². The van der Waals surface area contributed by atoms with Gasteiger partial charge in [0.25, 0.3) is 0 Å². The molecule has 4 aromatic heterocycles. The second kappa shape index (κ2) is 55.3. The van der Waals surface area contributed by atoms with Gasteiger partial charge in [0.05, 0.1) is 44.8 Å². The van der Waals surface area contributed by atoms with Gasteiger partial charge < -0.3 is 82.4 Å². The fourth-order valence-electron chi connectivity index (χ4n) is 13.7. The Morgan fingerprint density at radius 3 is 0.864 bits per heavy atom. The zero-order chi connectivity index (χ0) is 95.2. The van der Waals surface area contributed by atoms with Crippen LogP contribution in [0.4, 0.5) is 0 Å². The molecule has 0 spiro atoms. The molecule has 0 aliphatic rings. The smallest absolute Gasteiger partial charge is 0.344 e. The van der Waals surface area contributed by atoms with Crippen LogP contribution in [0.25, 0.3) is 43.6 Å². The molecule has 4 unspecified atom stereocenters. The summed E-state index contributed by atoms with van der Waals surface area (Å²) in [6, 6.07) is 106. The standard InChI is InChI=1S/C28H25NO7.2C28H27NO5.C26H23NO5.4CH4/c30-27(31)14-13-26(28(32)33)36-24-9-3-5-19(15-24)17-34-22-7-4-8-23(16-22)35-18-21-12-11-20-6-1-2-10-25(20)29-21;1-2-8-27(28(30)31)34-26-14-6-4-10-21(26)18-32-23-11-7-12-24(17-23)33-19-22-16-15-20-9-3-5-13-25(20)29-22;1-2-7-27(28(30)31)34-26-11-6-4-9-21(26)18-32-23-14-16-24(17-15-23)33-19-22-13-12-20-8-3-5-10-25(20)29-22;1-18(26(28)29)32-25-9-5-3-7-20(25)16-30-22-12-14-23(15-13-22)31-17-21-11-10-19-6-2-4-8-24(19)27-21;;;;/h1-12,15-16,26H,13-14,17-18H2,(H,30,31)(H,32,33);3-7,9-17,27H,2,8,18-19H2,1H3,(H,30,31);3-6,8-17,27H,2,7,18-19H2,1H3,(H,30,31);2-15,18H,16-17H2,1H3,(H,28,29);4*1H4. The minimum atomic E-state index is -1.25. The van der Waals surface area contributed by atoms with Crippen molar-refractivity contribution in [2.75, 3.05) is 0 Å². The number of rotatable bonds is 43. The van der Waals surface area contributed by atoms with Gasteiger partial charge in [0.15, 0.2) is 24.4 Å². The number of aromatic nitrogens is 4. The van der Waals surface area contributed by atoms with Gasteiger partial charge in [-0.05, 0) is 177 Å². The number of pyridine rings is 4. The first-order chi connectivity index (χ1) is 66.3. The highest BCUT2D eigenvalue weighted by atomic mass is 16.5. The summed E-state index contributed by atoms with van der Waals surface area (Å²) in [5, 5.41) is 50.3. The van der Waals surface area contributed by atoms with Gasteiger partial charge >= 0.3 is 29.8 Å². The van der Waals surface area contributed by atoms with Crippen LogP contribution in [0.2, 0.25) is 0 Å². The van der Waals surface area contributed by atoms with Crippen LogP contribution in [-0.4, -0.2) is 99.7 Å². The SMILES string of the molecule is C.C.C.C.CC(Oc1ccccc1COc1ccc(OCc2ccc3ccccc3n2)cc1)C(=O)O.CCCC(Oc1ccccc1COc1ccc(OCc2ccc3ccccc3n2)cc1)C(=O)O.CCCC(Oc1ccccc1COc1cccc(OCc2ccc3ccccc3n2)c1)C(=O)O.O=C(O)CCC(Oc1cccc(COc2cccc(OCc3ccc4ccccc4n3)c2)c1)C(=O)O. The Labute approximate surface area is 815 Å². The lowest BCUT2D eigenvalue weighted by Crippen LogP contribution is -2.27. The Morgan fingerprint density at radius 1 is 0.257 bits per heavy atom. The van der Waals surface area contributed by atoms with E-state index in [-0.39, 0.29) is 69.0 Å². The number of carbonyl (C=O) groups is 5. The van der Waals surface area contributed by atoms with E-state index in [9.17, 15) is 39.3 Å². The minimum absolute atomic E-state index is 0. The lowest BCUT2D eigenvalue weighted by Gasteiger charge is -2.17. The monoisotopic (exact) mass is 1890 g/mol. The molecule has 16 aromatic rings. The molecule has 4 heterocycles. The molecule has 5 N–H and O–H groups in total.